The molecule has 0 radical (unpaired) electrons. The number of hydrogen-bond donors (Lipinski definition) is 1. The summed E-state index contributed by atoms with van der Waals surface area (Å²) in [5.41, 5.74) is 1.15. The van der Waals surface area contributed by atoms with Crippen LogP contribution in [-0.4, -0.2) is 29.5 Å². The summed E-state index contributed by atoms with van der Waals surface area (Å²) in [5, 5.41) is 0. The van der Waals surface area contributed by atoms with Crippen LogP contribution in [0.15, 0.2) is 6.20 Å². The molecule has 2 heterocycles. The first-order valence-corrected chi connectivity index (χ1v) is 8.10. The van der Waals surface area contributed by atoms with Gasteiger partial charge in [-0.15, -0.1) is 0 Å². The number of imidazole rings is 1. The van der Waals surface area contributed by atoms with Crippen molar-refractivity contribution in [2.24, 2.45) is 5.92 Å². The largest absolute Gasteiger partial charge is 0.337 e. The summed E-state index contributed by atoms with van der Waals surface area (Å²) < 4.78 is 25.6. The highest BCUT2D eigenvalue weighted by Crippen LogP contribution is 2.23. The van der Waals surface area contributed by atoms with E-state index in [0.717, 1.165) is 18.7 Å². The van der Waals surface area contributed by atoms with Gasteiger partial charge >= 0.3 is 0 Å². The van der Waals surface area contributed by atoms with Gasteiger partial charge in [0, 0.05) is 18.4 Å². The Kier molecular flexibility index (Phi) is 3.45. The summed E-state index contributed by atoms with van der Waals surface area (Å²) in [7, 11) is -2.80. The van der Waals surface area contributed by atoms with Crippen molar-refractivity contribution >= 4 is 22.1 Å². The van der Waals surface area contributed by atoms with Gasteiger partial charge in [0.05, 0.1) is 11.5 Å². The molecule has 1 atom stereocenters. The van der Waals surface area contributed by atoms with E-state index in [4.69, 9.17) is 12.2 Å². The first kappa shape index (κ1) is 12.8. The van der Waals surface area contributed by atoms with E-state index in [0.29, 0.717) is 22.2 Å². The molecule has 1 unspecified atom stereocenters. The van der Waals surface area contributed by atoms with Crippen molar-refractivity contribution in [2.45, 2.75) is 32.7 Å². The Morgan fingerprint density at radius 3 is 2.82 bits per heavy atom. The van der Waals surface area contributed by atoms with Gasteiger partial charge in [0.25, 0.3) is 0 Å². The zero-order valence-electron chi connectivity index (χ0n) is 10.1. The molecule has 1 saturated heterocycles. The third-order valence-corrected chi connectivity index (χ3v) is 5.43. The molecule has 1 fully saturated rings. The highest BCUT2D eigenvalue weighted by Gasteiger charge is 2.28. The summed E-state index contributed by atoms with van der Waals surface area (Å²) in [6.07, 6.45) is 2.68. The fourth-order valence-corrected chi connectivity index (χ4v) is 4.44. The van der Waals surface area contributed by atoms with Crippen LogP contribution in [0.5, 0.6) is 0 Å². The summed E-state index contributed by atoms with van der Waals surface area (Å²) in [6.45, 7) is 4.94. The number of hydrogen-bond acceptors (Lipinski definition) is 3. The van der Waals surface area contributed by atoms with Crippen LogP contribution in [0.1, 0.15) is 31.9 Å². The molecule has 6 heteroatoms. The molecule has 4 nitrogen and oxygen atoms in total. The second-order valence-corrected chi connectivity index (χ2v) is 7.67. The van der Waals surface area contributed by atoms with Gasteiger partial charge in [-0.05, 0) is 30.5 Å². The highest BCUT2D eigenvalue weighted by atomic mass is 32.2. The van der Waals surface area contributed by atoms with Crippen molar-refractivity contribution in [3.05, 3.63) is 16.7 Å². The van der Waals surface area contributed by atoms with E-state index in [1.54, 1.807) is 0 Å². The first-order chi connectivity index (χ1) is 7.89. The summed E-state index contributed by atoms with van der Waals surface area (Å²) >= 11 is 5.24. The van der Waals surface area contributed by atoms with Crippen molar-refractivity contribution in [2.75, 3.05) is 11.5 Å². The standard InChI is InChI=1S/C11H18N2O2S2/c1-8(2)10-5-12-11(16)13(10)6-9-3-4-17(14,15)7-9/h5,8-9H,3-4,6-7H2,1-2H3,(H,12,16). The van der Waals surface area contributed by atoms with Gasteiger partial charge in [0.2, 0.25) is 0 Å². The number of H-pyrrole nitrogens is 1. The summed E-state index contributed by atoms with van der Waals surface area (Å²) in [6, 6.07) is 0. The van der Waals surface area contributed by atoms with E-state index in [-0.39, 0.29) is 5.92 Å². The molecule has 1 aliphatic rings. The van der Waals surface area contributed by atoms with Gasteiger partial charge in [-0.25, -0.2) is 8.42 Å². The van der Waals surface area contributed by atoms with Crippen LogP contribution in [0.2, 0.25) is 0 Å². The molecule has 17 heavy (non-hydrogen) atoms. The minimum absolute atomic E-state index is 0.208. The van der Waals surface area contributed by atoms with E-state index in [9.17, 15) is 8.42 Å². The fourth-order valence-electron chi connectivity index (χ4n) is 2.35. The van der Waals surface area contributed by atoms with Crippen LogP contribution in [0.4, 0.5) is 0 Å². The number of nitrogens with zero attached hydrogens (tertiary/aromatic N) is 1. The first-order valence-electron chi connectivity index (χ1n) is 5.87. The minimum Gasteiger partial charge on any atom is -0.337 e. The molecule has 0 saturated carbocycles. The molecule has 0 amide bonds. The van der Waals surface area contributed by atoms with E-state index >= 15 is 0 Å². The van der Waals surface area contributed by atoms with Crippen molar-refractivity contribution in [1.29, 1.82) is 0 Å². The average Bonchev–Trinajstić information content (AvgIpc) is 2.72. The Morgan fingerprint density at radius 1 is 1.59 bits per heavy atom. The lowest BCUT2D eigenvalue weighted by molar-refractivity contribution is 0.471. The van der Waals surface area contributed by atoms with Crippen LogP contribution >= 0.6 is 12.2 Å². The van der Waals surface area contributed by atoms with E-state index in [1.807, 2.05) is 10.8 Å². The van der Waals surface area contributed by atoms with Gasteiger partial charge in [0.1, 0.15) is 0 Å². The van der Waals surface area contributed by atoms with Crippen LogP contribution < -0.4 is 0 Å². The number of nitrogens with one attached hydrogen (secondary N) is 1. The van der Waals surface area contributed by atoms with Gasteiger partial charge in [-0.1, -0.05) is 13.8 Å². The lowest BCUT2D eigenvalue weighted by Crippen LogP contribution is -2.15. The van der Waals surface area contributed by atoms with Gasteiger partial charge < -0.3 is 9.55 Å². The van der Waals surface area contributed by atoms with Crippen LogP contribution in [0.25, 0.3) is 0 Å². The second kappa shape index (κ2) is 4.57. The quantitative estimate of drug-likeness (QED) is 0.859. The topological polar surface area (TPSA) is 54.9 Å². The van der Waals surface area contributed by atoms with Crippen LogP contribution in [0.3, 0.4) is 0 Å². The zero-order valence-corrected chi connectivity index (χ0v) is 11.8. The predicted octanol–water partition coefficient (Wildman–Crippen LogP) is 2.10. The third-order valence-electron chi connectivity index (χ3n) is 3.26. The van der Waals surface area contributed by atoms with Crippen molar-refractivity contribution in [3.8, 4) is 0 Å². The molecule has 1 N–H and O–H groups in total. The molecule has 0 bridgehead atoms. The van der Waals surface area contributed by atoms with Crippen LogP contribution in [-0.2, 0) is 16.4 Å². The maximum Gasteiger partial charge on any atom is 0.177 e. The molecular weight excluding hydrogens is 256 g/mol. The number of sulfone groups is 1. The monoisotopic (exact) mass is 274 g/mol. The van der Waals surface area contributed by atoms with E-state index in [2.05, 4.69) is 18.8 Å². The Morgan fingerprint density at radius 2 is 2.29 bits per heavy atom. The van der Waals surface area contributed by atoms with Gasteiger partial charge in [-0.3, -0.25) is 0 Å². The number of aromatic amines is 1. The van der Waals surface area contributed by atoms with Gasteiger partial charge in [0.15, 0.2) is 14.6 Å². The Hall–Kier alpha value is -0.620. The maximum absolute atomic E-state index is 11.4. The normalized spacial score (nSPS) is 23.4. The van der Waals surface area contributed by atoms with Crippen LogP contribution in [0, 0.1) is 10.7 Å². The third kappa shape index (κ3) is 2.80. The summed E-state index contributed by atoms with van der Waals surface area (Å²) in [5.74, 6) is 1.23. The summed E-state index contributed by atoms with van der Waals surface area (Å²) in [4.78, 5) is 3.04. The molecule has 0 aliphatic carbocycles. The molecule has 0 aromatic carbocycles. The number of rotatable bonds is 3. The molecule has 1 aromatic rings. The maximum atomic E-state index is 11.4. The highest BCUT2D eigenvalue weighted by molar-refractivity contribution is 7.91. The van der Waals surface area contributed by atoms with Crippen molar-refractivity contribution in [1.82, 2.24) is 9.55 Å². The zero-order chi connectivity index (χ0) is 12.6. The number of aromatic nitrogens is 2. The molecule has 96 valence electrons. The SMILES string of the molecule is CC(C)c1c[nH]c(=S)n1CC1CCS(=O)(=O)C1. The molecule has 0 spiro atoms. The lowest BCUT2D eigenvalue weighted by Gasteiger charge is -2.14. The van der Waals surface area contributed by atoms with Crippen molar-refractivity contribution < 1.29 is 8.42 Å². The van der Waals surface area contributed by atoms with Gasteiger partial charge in [-0.2, -0.15) is 0 Å². The molecule has 2 rings (SSSR count). The van der Waals surface area contributed by atoms with E-state index in [1.165, 1.54) is 0 Å². The fraction of sp³-hybridized carbons (Fsp3) is 0.727. The molecule has 1 aliphatic heterocycles. The molecular formula is C11H18N2O2S2. The van der Waals surface area contributed by atoms with E-state index < -0.39 is 9.84 Å². The lowest BCUT2D eigenvalue weighted by atomic mass is 10.1. The Balaban J connectivity index is 2.20. The Labute approximate surface area is 107 Å². The minimum atomic E-state index is -2.80. The predicted molar refractivity (Wildman–Crippen MR) is 70.5 cm³/mol. The second-order valence-electron chi connectivity index (χ2n) is 5.05. The molecule has 1 aromatic heterocycles. The smallest absolute Gasteiger partial charge is 0.177 e. The van der Waals surface area contributed by atoms with Crippen molar-refractivity contribution in [3.63, 3.8) is 0 Å². The average molecular weight is 274 g/mol. The Bertz CT molecular complexity index is 554.